The van der Waals surface area contributed by atoms with Crippen molar-refractivity contribution in [2.45, 2.75) is 27.2 Å². The van der Waals surface area contributed by atoms with Gasteiger partial charge in [-0.05, 0) is 61.6 Å². The zero-order valence-corrected chi connectivity index (χ0v) is 17.3. The molecule has 2 amide bonds. The molecule has 3 rings (SSSR count). The van der Waals surface area contributed by atoms with Crippen LogP contribution in [0.2, 0.25) is 0 Å². The Hall–Kier alpha value is -3.21. The number of benzene rings is 1. The van der Waals surface area contributed by atoms with Crippen molar-refractivity contribution in [3.63, 3.8) is 0 Å². The second kappa shape index (κ2) is 8.86. The molecular weight excluding hydrogens is 362 g/mol. The number of rotatable bonds is 8. The topological polar surface area (TPSA) is 53.5 Å². The highest BCUT2D eigenvalue weighted by atomic mass is 16.2. The average Bonchev–Trinajstić information content (AvgIpc) is 2.97. The summed E-state index contributed by atoms with van der Waals surface area (Å²) in [6, 6.07) is 9.85. The molecule has 1 aromatic heterocycles. The Morgan fingerprint density at radius 3 is 2.41 bits per heavy atom. The van der Waals surface area contributed by atoms with E-state index in [-0.39, 0.29) is 18.4 Å². The molecule has 0 N–H and O–H groups in total. The van der Waals surface area contributed by atoms with Crippen molar-refractivity contribution in [3.05, 3.63) is 83.3 Å². The van der Waals surface area contributed by atoms with E-state index in [0.29, 0.717) is 24.4 Å². The third-order valence-corrected chi connectivity index (χ3v) is 5.37. The standard InChI is InChI=1S/C24H27N3O2/c1-5-14-27-23(28)21(20-8-7-17(3)18(4)16-20)22(24(27)29)26(6-2)15-11-19-9-12-25-13-10-19/h5,7-10,12-13,16H,1,6,11,14-15H2,2-4H3. The fourth-order valence-corrected chi connectivity index (χ4v) is 3.55. The van der Waals surface area contributed by atoms with E-state index in [2.05, 4.69) is 11.6 Å². The Balaban J connectivity index is 2.02. The predicted octanol–water partition coefficient (Wildman–Crippen LogP) is 3.53. The zero-order chi connectivity index (χ0) is 21.0. The molecule has 1 aliphatic rings. The van der Waals surface area contributed by atoms with Gasteiger partial charge >= 0.3 is 0 Å². The van der Waals surface area contributed by atoms with E-state index in [1.165, 1.54) is 4.90 Å². The molecule has 2 aromatic rings. The minimum Gasteiger partial charge on any atom is -0.366 e. The first-order valence-electron chi connectivity index (χ1n) is 9.90. The highest BCUT2D eigenvalue weighted by Gasteiger charge is 2.40. The summed E-state index contributed by atoms with van der Waals surface area (Å²) in [7, 11) is 0. The highest BCUT2D eigenvalue weighted by molar-refractivity contribution is 6.35. The van der Waals surface area contributed by atoms with Gasteiger partial charge in [0.15, 0.2) is 0 Å². The molecule has 0 unspecified atom stereocenters. The Labute approximate surface area is 172 Å². The minimum absolute atomic E-state index is 0.206. The van der Waals surface area contributed by atoms with E-state index < -0.39 is 0 Å². The molecule has 5 nitrogen and oxygen atoms in total. The molecule has 0 saturated carbocycles. The van der Waals surface area contributed by atoms with Gasteiger partial charge in [-0.1, -0.05) is 24.3 Å². The van der Waals surface area contributed by atoms with Crippen molar-refractivity contribution < 1.29 is 9.59 Å². The van der Waals surface area contributed by atoms with Crippen LogP contribution in [0, 0.1) is 13.8 Å². The highest BCUT2D eigenvalue weighted by Crippen LogP contribution is 2.32. The number of carbonyl (C=O) groups is 2. The third-order valence-electron chi connectivity index (χ3n) is 5.37. The molecule has 0 fully saturated rings. The normalized spacial score (nSPS) is 14.0. The van der Waals surface area contributed by atoms with E-state index in [1.807, 2.05) is 56.0 Å². The zero-order valence-electron chi connectivity index (χ0n) is 17.3. The van der Waals surface area contributed by atoms with Crippen molar-refractivity contribution in [1.29, 1.82) is 0 Å². The minimum atomic E-state index is -0.254. The first-order valence-corrected chi connectivity index (χ1v) is 9.90. The lowest BCUT2D eigenvalue weighted by Crippen LogP contribution is -2.36. The quantitative estimate of drug-likeness (QED) is 0.512. The van der Waals surface area contributed by atoms with E-state index in [1.54, 1.807) is 18.5 Å². The van der Waals surface area contributed by atoms with Crippen LogP contribution in [0.15, 0.2) is 61.1 Å². The van der Waals surface area contributed by atoms with Gasteiger partial charge in [0.1, 0.15) is 5.70 Å². The largest absolute Gasteiger partial charge is 0.366 e. The summed E-state index contributed by atoms with van der Waals surface area (Å²) >= 11 is 0. The van der Waals surface area contributed by atoms with Gasteiger partial charge in [-0.3, -0.25) is 19.5 Å². The molecule has 2 heterocycles. The average molecular weight is 389 g/mol. The smallest absolute Gasteiger partial charge is 0.278 e. The second-order valence-corrected chi connectivity index (χ2v) is 7.22. The van der Waals surface area contributed by atoms with Gasteiger partial charge in [0.2, 0.25) is 0 Å². The van der Waals surface area contributed by atoms with Gasteiger partial charge in [-0.2, -0.15) is 0 Å². The Morgan fingerprint density at radius 2 is 1.79 bits per heavy atom. The number of carbonyl (C=O) groups excluding carboxylic acids is 2. The van der Waals surface area contributed by atoms with E-state index >= 15 is 0 Å². The number of imide groups is 1. The van der Waals surface area contributed by atoms with Crippen molar-refractivity contribution >= 4 is 17.4 Å². The Kier molecular flexibility index (Phi) is 6.27. The number of hydrogen-bond acceptors (Lipinski definition) is 4. The van der Waals surface area contributed by atoms with E-state index in [9.17, 15) is 9.59 Å². The third kappa shape index (κ3) is 4.14. The Bertz CT molecular complexity index is 963. The summed E-state index contributed by atoms with van der Waals surface area (Å²) in [6.45, 7) is 11.2. The molecule has 0 radical (unpaired) electrons. The number of pyridine rings is 1. The number of nitrogens with zero attached hydrogens (tertiary/aromatic N) is 3. The fraction of sp³-hybridized carbons (Fsp3) is 0.292. The number of amides is 2. The fourth-order valence-electron chi connectivity index (χ4n) is 3.55. The lowest BCUT2D eigenvalue weighted by Gasteiger charge is -2.24. The molecule has 1 aromatic carbocycles. The van der Waals surface area contributed by atoms with Crippen LogP contribution in [0.25, 0.3) is 5.57 Å². The van der Waals surface area contributed by atoms with Crippen LogP contribution >= 0.6 is 0 Å². The number of aromatic nitrogens is 1. The van der Waals surface area contributed by atoms with Gasteiger partial charge in [0, 0.05) is 32.0 Å². The lowest BCUT2D eigenvalue weighted by molar-refractivity contribution is -0.136. The van der Waals surface area contributed by atoms with Gasteiger partial charge in [-0.25, -0.2) is 0 Å². The maximum Gasteiger partial charge on any atom is 0.278 e. The molecule has 150 valence electrons. The van der Waals surface area contributed by atoms with Gasteiger partial charge in [0.25, 0.3) is 11.8 Å². The maximum atomic E-state index is 13.2. The summed E-state index contributed by atoms with van der Waals surface area (Å²) in [5.41, 5.74) is 5.15. The van der Waals surface area contributed by atoms with Gasteiger partial charge in [-0.15, -0.1) is 6.58 Å². The van der Waals surface area contributed by atoms with E-state index in [4.69, 9.17) is 0 Å². The SMILES string of the molecule is C=CCN1C(=O)C(c2ccc(C)c(C)c2)=C(N(CC)CCc2ccncc2)C1=O. The molecule has 1 aliphatic heterocycles. The molecule has 29 heavy (non-hydrogen) atoms. The Morgan fingerprint density at radius 1 is 1.07 bits per heavy atom. The van der Waals surface area contributed by atoms with Crippen LogP contribution < -0.4 is 0 Å². The molecule has 0 atom stereocenters. The molecule has 5 heteroatoms. The van der Waals surface area contributed by atoms with Crippen LogP contribution in [0.3, 0.4) is 0 Å². The summed E-state index contributed by atoms with van der Waals surface area (Å²) in [4.78, 5) is 33.7. The summed E-state index contributed by atoms with van der Waals surface area (Å²) in [6.07, 6.45) is 5.88. The summed E-state index contributed by atoms with van der Waals surface area (Å²) < 4.78 is 0. The summed E-state index contributed by atoms with van der Waals surface area (Å²) in [5.74, 6) is -0.504. The van der Waals surface area contributed by atoms with Crippen molar-refractivity contribution in [3.8, 4) is 0 Å². The van der Waals surface area contributed by atoms with Crippen molar-refractivity contribution in [1.82, 2.24) is 14.8 Å². The van der Waals surface area contributed by atoms with Crippen LogP contribution in [-0.2, 0) is 16.0 Å². The number of aryl methyl sites for hydroxylation is 2. The number of hydrogen-bond donors (Lipinski definition) is 0. The molecule has 0 bridgehead atoms. The van der Waals surface area contributed by atoms with Crippen LogP contribution in [-0.4, -0.2) is 46.2 Å². The molecule has 0 spiro atoms. The van der Waals surface area contributed by atoms with Crippen molar-refractivity contribution in [2.75, 3.05) is 19.6 Å². The summed E-state index contributed by atoms with van der Waals surface area (Å²) in [5, 5.41) is 0. The van der Waals surface area contributed by atoms with Crippen LogP contribution in [0.1, 0.15) is 29.2 Å². The predicted molar refractivity (Wildman–Crippen MR) is 115 cm³/mol. The monoisotopic (exact) mass is 389 g/mol. The maximum absolute atomic E-state index is 13.2. The van der Waals surface area contributed by atoms with Gasteiger partial charge in [0.05, 0.1) is 5.57 Å². The molecular formula is C24H27N3O2. The lowest BCUT2D eigenvalue weighted by atomic mass is 9.99. The van der Waals surface area contributed by atoms with Crippen molar-refractivity contribution in [2.24, 2.45) is 0 Å². The van der Waals surface area contributed by atoms with Gasteiger partial charge < -0.3 is 4.90 Å². The first kappa shape index (κ1) is 20.5. The number of likely N-dealkylation sites (N-methyl/N-ethyl adjacent to an activating group) is 1. The van der Waals surface area contributed by atoms with Crippen LogP contribution in [0.4, 0.5) is 0 Å². The van der Waals surface area contributed by atoms with Crippen LogP contribution in [0.5, 0.6) is 0 Å². The molecule has 0 saturated heterocycles. The second-order valence-electron chi connectivity index (χ2n) is 7.22. The van der Waals surface area contributed by atoms with E-state index in [0.717, 1.165) is 28.7 Å². The molecule has 0 aliphatic carbocycles. The first-order chi connectivity index (χ1) is 14.0.